The van der Waals surface area contributed by atoms with Crippen LogP contribution in [0.2, 0.25) is 0 Å². The summed E-state index contributed by atoms with van der Waals surface area (Å²) in [5, 5.41) is 7.78. The second kappa shape index (κ2) is 7.56. The van der Waals surface area contributed by atoms with Gasteiger partial charge in [-0.15, -0.1) is 0 Å². The van der Waals surface area contributed by atoms with E-state index < -0.39 is 11.9 Å². The third-order valence-corrected chi connectivity index (χ3v) is 5.18. The molecule has 0 radical (unpaired) electrons. The van der Waals surface area contributed by atoms with E-state index in [0.717, 1.165) is 27.6 Å². The number of rotatable bonds is 5. The molecule has 0 unspecified atom stereocenters. The van der Waals surface area contributed by atoms with Gasteiger partial charge in [-0.3, -0.25) is 19.2 Å². The van der Waals surface area contributed by atoms with Crippen LogP contribution in [0.4, 0.5) is 0 Å². The summed E-state index contributed by atoms with van der Waals surface area (Å²) in [7, 11) is 3.04. The quantitative estimate of drug-likeness (QED) is 0.510. The highest BCUT2D eigenvalue weighted by molar-refractivity contribution is 6.08. The number of fused-ring (bicyclic) bond motifs is 2. The number of ether oxygens (including phenoxy) is 1. The highest BCUT2D eigenvalue weighted by atomic mass is 16.5. The molecular formula is C23H20N4O4. The minimum atomic E-state index is -0.774. The highest BCUT2D eigenvalue weighted by Crippen LogP contribution is 2.35. The molecule has 1 aliphatic heterocycles. The summed E-state index contributed by atoms with van der Waals surface area (Å²) in [5.41, 5.74) is 3.63. The summed E-state index contributed by atoms with van der Waals surface area (Å²) < 4.78 is 6.27. The summed E-state index contributed by atoms with van der Waals surface area (Å²) >= 11 is 0. The molecule has 1 aliphatic rings. The van der Waals surface area contributed by atoms with Gasteiger partial charge in [-0.1, -0.05) is 37.4 Å². The molecule has 0 saturated heterocycles. The molecule has 8 heteroatoms. The fraction of sp³-hybridized carbons (Fsp3) is 0.130. The number of nitrogens with one attached hydrogen (secondary N) is 1. The zero-order chi connectivity index (χ0) is 22.3. The Balaban J connectivity index is 1.63. The Morgan fingerprint density at radius 1 is 1.16 bits per heavy atom. The van der Waals surface area contributed by atoms with Crippen LogP contribution in [0, 0.1) is 0 Å². The van der Waals surface area contributed by atoms with Crippen molar-refractivity contribution in [2.24, 2.45) is 7.05 Å². The molecule has 1 N–H and O–H groups in total. The Hall–Kier alpha value is -4.20. The van der Waals surface area contributed by atoms with Crippen molar-refractivity contribution in [3.63, 3.8) is 0 Å². The minimum absolute atomic E-state index is 0.0858. The van der Waals surface area contributed by atoms with Gasteiger partial charge < -0.3 is 10.1 Å². The normalized spacial score (nSPS) is 12.6. The molecular weight excluding hydrogens is 396 g/mol. The summed E-state index contributed by atoms with van der Waals surface area (Å²) in [4.78, 5) is 38.2. The maximum Gasteiger partial charge on any atom is 0.353 e. The van der Waals surface area contributed by atoms with Crippen molar-refractivity contribution >= 4 is 28.7 Å². The number of amides is 2. The molecule has 4 rings (SSSR count). The molecule has 0 bridgehead atoms. The van der Waals surface area contributed by atoms with Gasteiger partial charge in [0.15, 0.2) is 0 Å². The smallest absolute Gasteiger partial charge is 0.353 e. The largest absolute Gasteiger partial charge is 0.464 e. The molecule has 1 aromatic heterocycles. The van der Waals surface area contributed by atoms with E-state index in [0.29, 0.717) is 5.56 Å². The van der Waals surface area contributed by atoms with Crippen LogP contribution in [-0.2, 0) is 27.9 Å². The predicted molar refractivity (Wildman–Crippen MR) is 114 cm³/mol. The average molecular weight is 416 g/mol. The molecule has 0 spiro atoms. The highest BCUT2D eigenvalue weighted by Gasteiger charge is 2.33. The maximum atomic E-state index is 13.0. The van der Waals surface area contributed by atoms with Crippen molar-refractivity contribution in [2.45, 2.75) is 6.54 Å². The van der Waals surface area contributed by atoms with E-state index in [-0.39, 0.29) is 23.8 Å². The fourth-order valence-corrected chi connectivity index (χ4v) is 3.63. The molecule has 0 saturated carbocycles. The van der Waals surface area contributed by atoms with Crippen molar-refractivity contribution in [3.8, 4) is 11.1 Å². The summed E-state index contributed by atoms with van der Waals surface area (Å²) in [6.07, 6.45) is 1.94. The first-order valence-corrected chi connectivity index (χ1v) is 9.45. The lowest BCUT2D eigenvalue weighted by atomic mass is 9.96. The van der Waals surface area contributed by atoms with Crippen LogP contribution in [0.5, 0.6) is 0 Å². The average Bonchev–Trinajstić information content (AvgIpc) is 3.30. The van der Waals surface area contributed by atoms with Gasteiger partial charge in [0.05, 0.1) is 19.2 Å². The van der Waals surface area contributed by atoms with Crippen LogP contribution in [0.3, 0.4) is 0 Å². The molecule has 31 heavy (non-hydrogen) atoms. The predicted octanol–water partition coefficient (Wildman–Crippen LogP) is 2.51. The van der Waals surface area contributed by atoms with Gasteiger partial charge in [0, 0.05) is 24.2 Å². The lowest BCUT2D eigenvalue weighted by Gasteiger charge is -2.18. The van der Waals surface area contributed by atoms with E-state index in [1.54, 1.807) is 16.8 Å². The van der Waals surface area contributed by atoms with Crippen molar-refractivity contribution in [1.82, 2.24) is 20.0 Å². The number of benzene rings is 2. The van der Waals surface area contributed by atoms with Gasteiger partial charge in [-0.25, -0.2) is 4.79 Å². The number of nitrogens with zero attached hydrogens (tertiary/aromatic N) is 3. The Kier molecular flexibility index (Phi) is 4.90. The summed E-state index contributed by atoms with van der Waals surface area (Å²) in [6.45, 7) is 7.38. The van der Waals surface area contributed by atoms with Gasteiger partial charge in [-0.2, -0.15) is 5.10 Å². The molecule has 156 valence electrons. The Labute approximate surface area is 178 Å². The number of carbonyl (C=O) groups is 3. The van der Waals surface area contributed by atoms with Crippen LogP contribution in [0.15, 0.2) is 67.1 Å². The van der Waals surface area contributed by atoms with Crippen molar-refractivity contribution in [1.29, 1.82) is 0 Å². The Morgan fingerprint density at radius 2 is 1.90 bits per heavy atom. The van der Waals surface area contributed by atoms with Crippen molar-refractivity contribution < 1.29 is 19.1 Å². The van der Waals surface area contributed by atoms with E-state index in [4.69, 9.17) is 0 Å². The van der Waals surface area contributed by atoms with E-state index in [1.165, 1.54) is 12.0 Å². The van der Waals surface area contributed by atoms with Crippen LogP contribution >= 0.6 is 0 Å². The first-order valence-electron chi connectivity index (χ1n) is 9.45. The van der Waals surface area contributed by atoms with Crippen LogP contribution < -0.4 is 5.32 Å². The van der Waals surface area contributed by atoms with Crippen molar-refractivity contribution in [3.05, 3.63) is 78.3 Å². The third-order valence-electron chi connectivity index (χ3n) is 5.18. The zero-order valence-corrected chi connectivity index (χ0v) is 17.1. The van der Waals surface area contributed by atoms with Gasteiger partial charge in [0.2, 0.25) is 0 Å². The number of aryl methyl sites for hydroxylation is 1. The second-order valence-corrected chi connectivity index (χ2v) is 7.17. The van der Waals surface area contributed by atoms with Gasteiger partial charge in [-0.05, 0) is 28.8 Å². The number of carbonyl (C=O) groups excluding carboxylic acids is 3. The van der Waals surface area contributed by atoms with E-state index in [9.17, 15) is 14.4 Å². The second-order valence-electron chi connectivity index (χ2n) is 7.17. The molecule has 8 nitrogen and oxygen atoms in total. The molecule has 2 heterocycles. The number of hydrogen-bond acceptors (Lipinski definition) is 5. The standard InChI is InChI=1S/C23H20N4O4/c1-13(23(30)31-4)24-21(28)14(2)27-12-19-17(6-5-7-18(19)22(27)29)15-8-9-16-11-26(3)25-20(16)10-15/h5-11H,1-2,12H2,3-4H3,(H,24,28). The van der Waals surface area contributed by atoms with Gasteiger partial charge in [0.1, 0.15) is 11.4 Å². The topological polar surface area (TPSA) is 93.5 Å². The molecule has 0 fully saturated rings. The lowest BCUT2D eigenvalue weighted by Crippen LogP contribution is -2.36. The van der Waals surface area contributed by atoms with E-state index in [2.05, 4.69) is 28.3 Å². The Morgan fingerprint density at radius 3 is 2.65 bits per heavy atom. The fourth-order valence-electron chi connectivity index (χ4n) is 3.63. The van der Waals surface area contributed by atoms with Gasteiger partial charge in [0.25, 0.3) is 11.8 Å². The first kappa shape index (κ1) is 20.1. The van der Waals surface area contributed by atoms with Crippen LogP contribution in [-0.4, -0.2) is 39.6 Å². The summed E-state index contributed by atoms with van der Waals surface area (Å²) in [6, 6.07) is 11.4. The Bertz CT molecular complexity index is 1290. The van der Waals surface area contributed by atoms with E-state index in [1.807, 2.05) is 37.5 Å². The first-order chi connectivity index (χ1) is 14.8. The third kappa shape index (κ3) is 3.48. The molecule has 0 atom stereocenters. The SMILES string of the molecule is C=C(NC(=O)C(=C)N1Cc2c(cccc2-c2ccc3cn(C)nc3c2)C1=O)C(=O)OC. The summed E-state index contributed by atoms with van der Waals surface area (Å²) in [5.74, 6) is -1.81. The molecule has 3 aromatic rings. The molecule has 0 aliphatic carbocycles. The number of aromatic nitrogens is 2. The number of esters is 1. The van der Waals surface area contributed by atoms with Gasteiger partial charge >= 0.3 is 5.97 Å². The monoisotopic (exact) mass is 416 g/mol. The van der Waals surface area contributed by atoms with Crippen LogP contribution in [0.25, 0.3) is 22.0 Å². The molecule has 2 amide bonds. The number of methoxy groups -OCH3 is 1. The van der Waals surface area contributed by atoms with Crippen molar-refractivity contribution in [2.75, 3.05) is 7.11 Å². The lowest BCUT2D eigenvalue weighted by molar-refractivity contribution is -0.137. The zero-order valence-electron chi connectivity index (χ0n) is 17.1. The minimum Gasteiger partial charge on any atom is -0.464 e. The maximum absolute atomic E-state index is 13.0. The van der Waals surface area contributed by atoms with Crippen LogP contribution in [0.1, 0.15) is 15.9 Å². The van der Waals surface area contributed by atoms with E-state index >= 15 is 0 Å². The number of hydrogen-bond donors (Lipinski definition) is 1. The molecule has 2 aromatic carbocycles.